The second-order valence-electron chi connectivity index (χ2n) is 6.03. The first kappa shape index (κ1) is 12.9. The molecule has 0 bridgehead atoms. The quantitative estimate of drug-likeness (QED) is 0.818. The molecule has 0 saturated heterocycles. The Morgan fingerprint density at radius 1 is 1.10 bits per heavy atom. The molecule has 6 heteroatoms. The van der Waals surface area contributed by atoms with E-state index in [2.05, 4.69) is 20.4 Å². The van der Waals surface area contributed by atoms with Gasteiger partial charge < -0.3 is 0 Å². The van der Waals surface area contributed by atoms with Gasteiger partial charge in [0.25, 0.3) is 0 Å². The van der Waals surface area contributed by atoms with Crippen molar-refractivity contribution in [3.8, 4) is 0 Å². The Hall–Kier alpha value is -1.82. The smallest absolute Gasteiger partial charge is 0.165 e. The van der Waals surface area contributed by atoms with Crippen molar-refractivity contribution in [1.82, 2.24) is 25.1 Å². The van der Waals surface area contributed by atoms with Crippen LogP contribution in [0.4, 0.5) is 4.39 Å². The first-order valence-electron chi connectivity index (χ1n) is 7.55. The van der Waals surface area contributed by atoms with Crippen LogP contribution in [-0.2, 0) is 13.1 Å². The SMILES string of the molecule is Fc1ccc(CN(Cc2nnnn2C2CC2)C2CC2)cc1. The summed E-state index contributed by atoms with van der Waals surface area (Å²) in [5, 5.41) is 12.1. The highest BCUT2D eigenvalue weighted by Crippen LogP contribution is 2.35. The van der Waals surface area contributed by atoms with Crippen LogP contribution < -0.4 is 0 Å². The molecule has 2 aliphatic carbocycles. The molecule has 0 atom stereocenters. The maximum atomic E-state index is 13.0. The fourth-order valence-electron chi connectivity index (χ4n) is 2.68. The van der Waals surface area contributed by atoms with E-state index in [0.717, 1.165) is 24.5 Å². The lowest BCUT2D eigenvalue weighted by Gasteiger charge is -2.21. The van der Waals surface area contributed by atoms with E-state index in [1.807, 2.05) is 16.8 Å². The van der Waals surface area contributed by atoms with Crippen LogP contribution in [0.3, 0.4) is 0 Å². The zero-order chi connectivity index (χ0) is 14.2. The van der Waals surface area contributed by atoms with E-state index >= 15 is 0 Å². The zero-order valence-corrected chi connectivity index (χ0v) is 11.8. The van der Waals surface area contributed by atoms with Gasteiger partial charge in [-0.15, -0.1) is 5.10 Å². The van der Waals surface area contributed by atoms with Crippen LogP contribution in [0.15, 0.2) is 24.3 Å². The third kappa shape index (κ3) is 2.95. The average molecular weight is 287 g/mol. The molecule has 4 rings (SSSR count). The van der Waals surface area contributed by atoms with Gasteiger partial charge in [0, 0.05) is 12.6 Å². The van der Waals surface area contributed by atoms with Crippen LogP contribution >= 0.6 is 0 Å². The average Bonchev–Trinajstić information content (AvgIpc) is 3.40. The lowest BCUT2D eigenvalue weighted by molar-refractivity contribution is 0.234. The number of halogens is 1. The summed E-state index contributed by atoms with van der Waals surface area (Å²) >= 11 is 0. The normalized spacial score (nSPS) is 18.4. The van der Waals surface area contributed by atoms with Gasteiger partial charge in [-0.25, -0.2) is 9.07 Å². The first-order valence-corrected chi connectivity index (χ1v) is 7.55. The van der Waals surface area contributed by atoms with Gasteiger partial charge in [0.05, 0.1) is 12.6 Å². The second kappa shape index (κ2) is 5.18. The summed E-state index contributed by atoms with van der Waals surface area (Å²) in [5.74, 6) is 0.765. The molecule has 5 nitrogen and oxygen atoms in total. The number of aromatic nitrogens is 4. The molecule has 0 unspecified atom stereocenters. The summed E-state index contributed by atoms with van der Waals surface area (Å²) in [6.07, 6.45) is 4.82. The Morgan fingerprint density at radius 3 is 2.52 bits per heavy atom. The molecule has 1 aromatic heterocycles. The van der Waals surface area contributed by atoms with Crippen LogP contribution in [0.2, 0.25) is 0 Å². The molecule has 0 spiro atoms. The van der Waals surface area contributed by atoms with Crippen molar-refractivity contribution < 1.29 is 4.39 Å². The van der Waals surface area contributed by atoms with Gasteiger partial charge in [-0.3, -0.25) is 4.90 Å². The molecule has 0 radical (unpaired) electrons. The first-order chi connectivity index (χ1) is 10.3. The van der Waals surface area contributed by atoms with E-state index in [-0.39, 0.29) is 5.82 Å². The predicted octanol–water partition coefficient (Wildman–Crippen LogP) is 2.31. The van der Waals surface area contributed by atoms with E-state index in [1.54, 1.807) is 0 Å². The number of tetrazole rings is 1. The van der Waals surface area contributed by atoms with Crippen molar-refractivity contribution in [2.24, 2.45) is 0 Å². The van der Waals surface area contributed by atoms with Crippen LogP contribution in [0.5, 0.6) is 0 Å². The molecule has 0 amide bonds. The molecular weight excluding hydrogens is 269 g/mol. The van der Waals surface area contributed by atoms with Gasteiger partial charge in [-0.05, 0) is 53.8 Å². The highest BCUT2D eigenvalue weighted by Gasteiger charge is 2.32. The zero-order valence-electron chi connectivity index (χ0n) is 11.8. The van der Waals surface area contributed by atoms with Gasteiger partial charge in [0.2, 0.25) is 0 Å². The summed E-state index contributed by atoms with van der Waals surface area (Å²) < 4.78 is 15.0. The number of hydrogen-bond donors (Lipinski definition) is 0. The van der Waals surface area contributed by atoms with E-state index in [0.29, 0.717) is 12.1 Å². The Labute approximate surface area is 122 Å². The number of hydrogen-bond acceptors (Lipinski definition) is 4. The highest BCUT2D eigenvalue weighted by atomic mass is 19.1. The van der Waals surface area contributed by atoms with E-state index < -0.39 is 0 Å². The molecule has 1 aromatic carbocycles. The molecule has 2 aliphatic rings. The minimum absolute atomic E-state index is 0.186. The highest BCUT2D eigenvalue weighted by molar-refractivity contribution is 5.16. The second-order valence-corrected chi connectivity index (χ2v) is 6.03. The third-order valence-corrected chi connectivity index (χ3v) is 4.16. The molecule has 0 N–H and O–H groups in total. The lowest BCUT2D eigenvalue weighted by atomic mass is 10.2. The molecule has 110 valence electrons. The summed E-state index contributed by atoms with van der Waals surface area (Å²) in [6, 6.07) is 7.87. The predicted molar refractivity (Wildman–Crippen MR) is 74.8 cm³/mol. The maximum absolute atomic E-state index is 13.0. The van der Waals surface area contributed by atoms with Crippen LogP contribution in [0, 0.1) is 5.82 Å². The van der Waals surface area contributed by atoms with Gasteiger partial charge in [-0.2, -0.15) is 0 Å². The van der Waals surface area contributed by atoms with Crippen molar-refractivity contribution in [1.29, 1.82) is 0 Å². The number of rotatable bonds is 6. The largest absolute Gasteiger partial charge is 0.289 e. The number of benzene rings is 1. The molecule has 1 heterocycles. The Kier molecular flexibility index (Phi) is 3.18. The van der Waals surface area contributed by atoms with Crippen LogP contribution in [0.25, 0.3) is 0 Å². The Balaban J connectivity index is 1.49. The topological polar surface area (TPSA) is 46.8 Å². The Bertz CT molecular complexity index is 615. The lowest BCUT2D eigenvalue weighted by Crippen LogP contribution is -2.27. The molecule has 21 heavy (non-hydrogen) atoms. The molecule has 2 fully saturated rings. The molecule has 2 aromatic rings. The van der Waals surface area contributed by atoms with Crippen molar-refractivity contribution >= 4 is 0 Å². The summed E-state index contributed by atoms with van der Waals surface area (Å²) in [6.45, 7) is 1.59. The van der Waals surface area contributed by atoms with Gasteiger partial charge in [0.15, 0.2) is 5.82 Å². The number of nitrogens with zero attached hydrogens (tertiary/aromatic N) is 5. The molecule has 2 saturated carbocycles. The monoisotopic (exact) mass is 287 g/mol. The van der Waals surface area contributed by atoms with Crippen LogP contribution in [-0.4, -0.2) is 31.1 Å². The van der Waals surface area contributed by atoms with Crippen molar-refractivity contribution in [3.63, 3.8) is 0 Å². The van der Waals surface area contributed by atoms with Crippen molar-refractivity contribution in [3.05, 3.63) is 41.5 Å². The van der Waals surface area contributed by atoms with E-state index in [9.17, 15) is 4.39 Å². The maximum Gasteiger partial charge on any atom is 0.165 e. The standard InChI is InChI=1S/C15H18FN5/c16-12-3-1-11(2-4-12)9-20(13-5-6-13)10-15-17-18-19-21(15)14-7-8-14/h1-4,13-14H,5-10H2. The van der Waals surface area contributed by atoms with Gasteiger partial charge in [0.1, 0.15) is 5.82 Å². The summed E-state index contributed by atoms with van der Waals surface area (Å²) in [7, 11) is 0. The van der Waals surface area contributed by atoms with Crippen molar-refractivity contribution in [2.75, 3.05) is 0 Å². The van der Waals surface area contributed by atoms with E-state index in [1.165, 1.54) is 37.8 Å². The minimum atomic E-state index is -0.186. The van der Waals surface area contributed by atoms with E-state index in [4.69, 9.17) is 0 Å². The minimum Gasteiger partial charge on any atom is -0.289 e. The Morgan fingerprint density at radius 2 is 1.86 bits per heavy atom. The van der Waals surface area contributed by atoms with Crippen molar-refractivity contribution in [2.45, 2.75) is 50.9 Å². The molecule has 0 aliphatic heterocycles. The molecular formula is C15H18FN5. The van der Waals surface area contributed by atoms with Gasteiger partial charge >= 0.3 is 0 Å². The third-order valence-electron chi connectivity index (χ3n) is 4.16. The fraction of sp³-hybridized carbons (Fsp3) is 0.533. The van der Waals surface area contributed by atoms with Gasteiger partial charge in [-0.1, -0.05) is 12.1 Å². The fourth-order valence-corrected chi connectivity index (χ4v) is 2.68. The summed E-state index contributed by atoms with van der Waals surface area (Å²) in [4.78, 5) is 2.40. The summed E-state index contributed by atoms with van der Waals surface area (Å²) in [5.41, 5.74) is 1.13. The van der Waals surface area contributed by atoms with Crippen LogP contribution in [0.1, 0.15) is 43.1 Å².